The Balaban J connectivity index is 1.39. The first-order valence-corrected chi connectivity index (χ1v) is 9.53. The summed E-state index contributed by atoms with van der Waals surface area (Å²) in [4.78, 5) is 28.0. The molecule has 2 aromatic carbocycles. The zero-order valence-electron chi connectivity index (χ0n) is 15.4. The van der Waals surface area contributed by atoms with Crippen LogP contribution in [0.3, 0.4) is 0 Å². The average molecular weight is 408 g/mol. The van der Waals surface area contributed by atoms with Crippen LogP contribution < -0.4 is 14.8 Å². The van der Waals surface area contributed by atoms with E-state index in [0.717, 1.165) is 16.8 Å². The molecule has 2 heterocycles. The van der Waals surface area contributed by atoms with Gasteiger partial charge in [0.1, 0.15) is 0 Å². The van der Waals surface area contributed by atoms with Gasteiger partial charge in [0.05, 0.1) is 18.4 Å². The number of anilines is 1. The standard InChI is InChI=1S/C21H16N2O5S/c1-26-20(25)14-5-2-13(3-6-14)4-9-19(24)23-21-22-16(11-29-21)15-7-8-17-18(10-15)28-12-27-17/h2-11H,12H2,1H3,(H,22,23,24)/b9-4+. The topological polar surface area (TPSA) is 86.8 Å². The molecule has 0 atom stereocenters. The third-order valence-corrected chi connectivity index (χ3v) is 4.92. The van der Waals surface area contributed by atoms with Gasteiger partial charge in [0.15, 0.2) is 16.6 Å². The number of ether oxygens (including phenoxy) is 3. The lowest BCUT2D eigenvalue weighted by Crippen LogP contribution is -2.07. The molecule has 29 heavy (non-hydrogen) atoms. The summed E-state index contributed by atoms with van der Waals surface area (Å²) < 4.78 is 15.3. The molecule has 1 N–H and O–H groups in total. The maximum Gasteiger partial charge on any atom is 0.337 e. The van der Waals surface area contributed by atoms with Gasteiger partial charge in [0.25, 0.3) is 0 Å². The van der Waals surface area contributed by atoms with E-state index in [4.69, 9.17) is 9.47 Å². The summed E-state index contributed by atoms with van der Waals surface area (Å²) in [6.45, 7) is 0.217. The van der Waals surface area contributed by atoms with Gasteiger partial charge < -0.3 is 14.2 Å². The summed E-state index contributed by atoms with van der Waals surface area (Å²) in [7, 11) is 1.33. The van der Waals surface area contributed by atoms with Crippen LogP contribution in [0.1, 0.15) is 15.9 Å². The Labute approximate surface area is 170 Å². The molecule has 146 valence electrons. The van der Waals surface area contributed by atoms with E-state index in [1.807, 2.05) is 23.6 Å². The maximum absolute atomic E-state index is 12.2. The van der Waals surface area contributed by atoms with Gasteiger partial charge in [-0.05, 0) is 42.0 Å². The summed E-state index contributed by atoms with van der Waals surface area (Å²) >= 11 is 1.33. The fourth-order valence-corrected chi connectivity index (χ4v) is 3.41. The summed E-state index contributed by atoms with van der Waals surface area (Å²) in [5, 5.41) is 5.10. The summed E-state index contributed by atoms with van der Waals surface area (Å²) in [5.74, 6) is 0.693. The predicted molar refractivity (Wildman–Crippen MR) is 109 cm³/mol. The molecule has 0 aliphatic carbocycles. The van der Waals surface area contributed by atoms with Crippen LogP contribution >= 0.6 is 11.3 Å². The van der Waals surface area contributed by atoms with Crippen molar-refractivity contribution in [2.45, 2.75) is 0 Å². The molecule has 8 heteroatoms. The number of carbonyl (C=O) groups is 2. The van der Waals surface area contributed by atoms with E-state index in [2.05, 4.69) is 15.0 Å². The van der Waals surface area contributed by atoms with Crippen molar-refractivity contribution in [3.63, 3.8) is 0 Å². The quantitative estimate of drug-likeness (QED) is 0.508. The van der Waals surface area contributed by atoms with Crippen molar-refractivity contribution < 1.29 is 23.8 Å². The van der Waals surface area contributed by atoms with Crippen LogP contribution in [0.4, 0.5) is 5.13 Å². The van der Waals surface area contributed by atoms with Gasteiger partial charge in [0, 0.05) is 17.0 Å². The maximum atomic E-state index is 12.2. The lowest BCUT2D eigenvalue weighted by Gasteiger charge is -2.00. The normalized spacial score (nSPS) is 12.2. The van der Waals surface area contributed by atoms with Crippen LogP contribution in [-0.4, -0.2) is 30.8 Å². The summed E-state index contributed by atoms with van der Waals surface area (Å²) in [6.07, 6.45) is 3.07. The van der Waals surface area contributed by atoms with Crippen LogP contribution in [-0.2, 0) is 9.53 Å². The molecule has 1 aromatic heterocycles. The number of methoxy groups -OCH3 is 1. The Morgan fingerprint density at radius 2 is 1.93 bits per heavy atom. The van der Waals surface area contributed by atoms with Crippen LogP contribution in [0.25, 0.3) is 17.3 Å². The van der Waals surface area contributed by atoms with E-state index in [1.165, 1.54) is 24.5 Å². The number of thiazole rings is 1. The zero-order chi connectivity index (χ0) is 20.2. The largest absolute Gasteiger partial charge is 0.465 e. The minimum atomic E-state index is -0.402. The predicted octanol–water partition coefficient (Wildman–Crippen LogP) is 3.98. The first-order chi connectivity index (χ1) is 14.1. The van der Waals surface area contributed by atoms with Crippen molar-refractivity contribution >= 4 is 34.4 Å². The van der Waals surface area contributed by atoms with Gasteiger partial charge in [-0.2, -0.15) is 0 Å². The van der Waals surface area contributed by atoms with Gasteiger partial charge in [-0.15, -0.1) is 11.3 Å². The number of amides is 1. The second-order valence-electron chi connectivity index (χ2n) is 6.04. The summed E-state index contributed by atoms with van der Waals surface area (Å²) in [5.41, 5.74) is 2.86. The molecule has 7 nitrogen and oxygen atoms in total. The molecule has 3 aromatic rings. The number of carbonyl (C=O) groups excluding carboxylic acids is 2. The fraction of sp³-hybridized carbons (Fsp3) is 0.0952. The Morgan fingerprint density at radius 3 is 2.72 bits per heavy atom. The molecule has 4 rings (SSSR count). The highest BCUT2D eigenvalue weighted by atomic mass is 32.1. The fourth-order valence-electron chi connectivity index (χ4n) is 2.69. The highest BCUT2D eigenvalue weighted by Gasteiger charge is 2.15. The first-order valence-electron chi connectivity index (χ1n) is 8.65. The molecule has 0 unspecified atom stereocenters. The summed E-state index contributed by atoms with van der Waals surface area (Å²) in [6, 6.07) is 12.3. The molecule has 0 saturated carbocycles. The monoisotopic (exact) mass is 408 g/mol. The number of rotatable bonds is 5. The van der Waals surface area contributed by atoms with Crippen molar-refractivity contribution in [3.8, 4) is 22.8 Å². The highest BCUT2D eigenvalue weighted by Crippen LogP contribution is 2.36. The Hall–Kier alpha value is -3.65. The second-order valence-corrected chi connectivity index (χ2v) is 6.90. The van der Waals surface area contributed by atoms with Crippen molar-refractivity contribution in [1.29, 1.82) is 0 Å². The molecular formula is C21H16N2O5S. The number of nitrogens with one attached hydrogen (secondary N) is 1. The number of hydrogen-bond acceptors (Lipinski definition) is 7. The van der Waals surface area contributed by atoms with Crippen LogP contribution in [0.5, 0.6) is 11.5 Å². The Bertz CT molecular complexity index is 1090. The van der Waals surface area contributed by atoms with Crippen molar-refractivity contribution in [1.82, 2.24) is 4.98 Å². The molecule has 0 radical (unpaired) electrons. The number of nitrogens with zero attached hydrogens (tertiary/aromatic N) is 1. The average Bonchev–Trinajstić information content (AvgIpc) is 3.41. The first kappa shape index (κ1) is 18.7. The molecule has 1 amide bonds. The van der Waals surface area contributed by atoms with Crippen molar-refractivity contribution in [2.75, 3.05) is 19.2 Å². The SMILES string of the molecule is COC(=O)c1ccc(/C=C/C(=O)Nc2nc(-c3ccc4c(c3)OCO4)cs2)cc1. The van der Waals surface area contributed by atoms with E-state index in [-0.39, 0.29) is 12.7 Å². The molecule has 0 fully saturated rings. The van der Waals surface area contributed by atoms with Crippen molar-refractivity contribution in [2.24, 2.45) is 0 Å². The van der Waals surface area contributed by atoms with E-state index in [1.54, 1.807) is 30.3 Å². The molecular weight excluding hydrogens is 392 g/mol. The van der Waals surface area contributed by atoms with E-state index in [0.29, 0.717) is 22.2 Å². The minimum absolute atomic E-state index is 0.217. The second kappa shape index (κ2) is 8.15. The third kappa shape index (κ3) is 4.27. The van der Waals surface area contributed by atoms with E-state index >= 15 is 0 Å². The third-order valence-electron chi connectivity index (χ3n) is 4.16. The molecule has 0 saturated heterocycles. The van der Waals surface area contributed by atoms with Gasteiger partial charge in [-0.1, -0.05) is 12.1 Å². The van der Waals surface area contributed by atoms with E-state index in [9.17, 15) is 9.59 Å². The van der Waals surface area contributed by atoms with Gasteiger partial charge in [0.2, 0.25) is 12.7 Å². The number of esters is 1. The molecule has 1 aliphatic heterocycles. The van der Waals surface area contributed by atoms with E-state index < -0.39 is 5.97 Å². The Kier molecular flexibility index (Phi) is 5.26. The minimum Gasteiger partial charge on any atom is -0.465 e. The number of fused-ring (bicyclic) bond motifs is 1. The van der Waals surface area contributed by atoms with Crippen molar-refractivity contribution in [3.05, 3.63) is 65.0 Å². The van der Waals surface area contributed by atoms with Crippen LogP contribution in [0, 0.1) is 0 Å². The lowest BCUT2D eigenvalue weighted by molar-refractivity contribution is -0.111. The van der Waals surface area contributed by atoms with Gasteiger partial charge in [-0.3, -0.25) is 10.1 Å². The van der Waals surface area contributed by atoms with Gasteiger partial charge in [-0.25, -0.2) is 9.78 Å². The highest BCUT2D eigenvalue weighted by molar-refractivity contribution is 7.14. The molecule has 1 aliphatic rings. The number of benzene rings is 2. The number of hydrogen-bond donors (Lipinski definition) is 1. The Morgan fingerprint density at radius 1 is 1.14 bits per heavy atom. The molecule has 0 bridgehead atoms. The lowest BCUT2D eigenvalue weighted by atomic mass is 10.1. The molecule has 0 spiro atoms. The van der Waals surface area contributed by atoms with Gasteiger partial charge >= 0.3 is 5.97 Å². The zero-order valence-corrected chi connectivity index (χ0v) is 16.2. The number of aromatic nitrogens is 1. The van der Waals surface area contributed by atoms with Crippen LogP contribution in [0.15, 0.2) is 53.9 Å². The van der Waals surface area contributed by atoms with Crippen LogP contribution in [0.2, 0.25) is 0 Å². The smallest absolute Gasteiger partial charge is 0.337 e.